The third-order valence-corrected chi connectivity index (χ3v) is 0.632. The van der Waals surface area contributed by atoms with Crippen LogP contribution in [0.3, 0.4) is 0 Å². The van der Waals surface area contributed by atoms with Gasteiger partial charge >= 0.3 is 10.4 Å². The molecule has 0 amide bonds. The van der Waals surface area contributed by atoms with Crippen molar-refractivity contribution < 1.29 is 17.2 Å². The molecule has 0 aliphatic rings. The smallest absolute Gasteiger partial charge is 0.264 e. The SMILES string of the molecule is COS(=O)(=O)O.CS(C)(C)C. The molecule has 0 radical (unpaired) electrons. The minimum Gasteiger partial charge on any atom is -0.264 e. The highest BCUT2D eigenvalue weighted by Crippen LogP contribution is 2.27. The Morgan fingerprint density at radius 3 is 1.18 bits per heavy atom. The van der Waals surface area contributed by atoms with Crippen molar-refractivity contribution in [1.29, 1.82) is 0 Å². The first kappa shape index (κ1) is 13.8. The highest BCUT2D eigenvalue weighted by Gasteiger charge is 1.94. The largest absolute Gasteiger partial charge is 0.397 e. The predicted octanol–water partition coefficient (Wildman–Crippen LogP) is 0.746. The van der Waals surface area contributed by atoms with Crippen LogP contribution < -0.4 is 0 Å². The summed E-state index contributed by atoms with van der Waals surface area (Å²) in [5.41, 5.74) is 0. The molecule has 11 heavy (non-hydrogen) atoms. The molecule has 0 rings (SSSR count). The van der Waals surface area contributed by atoms with E-state index >= 15 is 0 Å². The molecule has 0 saturated carbocycles. The molecule has 0 aromatic rings. The topological polar surface area (TPSA) is 63.6 Å². The Balaban J connectivity index is 0. The Hall–Kier alpha value is 0.220. The van der Waals surface area contributed by atoms with Crippen LogP contribution in [0, 0.1) is 0 Å². The van der Waals surface area contributed by atoms with Crippen molar-refractivity contribution >= 4 is 20.4 Å². The minimum atomic E-state index is -4.16. The Kier molecular flexibility index (Phi) is 6.23. The Labute approximate surface area is 70.2 Å². The van der Waals surface area contributed by atoms with E-state index in [0.717, 1.165) is 7.11 Å². The summed E-state index contributed by atoms with van der Waals surface area (Å²) >= 11 is 0. The summed E-state index contributed by atoms with van der Waals surface area (Å²) in [7, 11) is -3.46. The van der Waals surface area contributed by atoms with Crippen LogP contribution in [0.25, 0.3) is 0 Å². The van der Waals surface area contributed by atoms with Crippen molar-refractivity contribution in [2.75, 3.05) is 32.1 Å². The summed E-state index contributed by atoms with van der Waals surface area (Å²) < 4.78 is 29.7. The average Bonchev–Trinajstić information content (AvgIpc) is 1.59. The molecule has 0 spiro atoms. The van der Waals surface area contributed by atoms with Crippen LogP contribution in [0.2, 0.25) is 0 Å². The minimum absolute atomic E-state index is 0.167. The maximum Gasteiger partial charge on any atom is 0.397 e. The lowest BCUT2D eigenvalue weighted by Crippen LogP contribution is -1.96. The predicted molar refractivity (Wildman–Crippen MR) is 49.8 cm³/mol. The van der Waals surface area contributed by atoms with Gasteiger partial charge in [-0.15, -0.1) is 0 Å². The van der Waals surface area contributed by atoms with Gasteiger partial charge in [-0.05, 0) is 25.0 Å². The van der Waals surface area contributed by atoms with Gasteiger partial charge in [-0.2, -0.15) is 8.42 Å². The van der Waals surface area contributed by atoms with Gasteiger partial charge < -0.3 is 0 Å². The van der Waals surface area contributed by atoms with Crippen LogP contribution in [-0.2, 0) is 14.6 Å². The third kappa shape index (κ3) is 66.6. The molecule has 6 heteroatoms. The van der Waals surface area contributed by atoms with Gasteiger partial charge in [0.2, 0.25) is 0 Å². The maximum absolute atomic E-state index is 9.33. The van der Waals surface area contributed by atoms with E-state index in [1.165, 1.54) is 0 Å². The van der Waals surface area contributed by atoms with Gasteiger partial charge in [-0.25, -0.2) is 0 Å². The van der Waals surface area contributed by atoms with Crippen molar-refractivity contribution in [3.63, 3.8) is 0 Å². The summed E-state index contributed by atoms with van der Waals surface area (Å²) in [6.07, 6.45) is 9.08. The lowest BCUT2D eigenvalue weighted by molar-refractivity contribution is 0.324. The standard InChI is InChI=1S/C4H12S.CH4O4S/c1-5(2,3)4;1-5-6(2,3)4/h1-4H3;1H3,(H,2,3,4). The average molecular weight is 204 g/mol. The molecular formula is C5H16O4S2. The summed E-state index contributed by atoms with van der Waals surface area (Å²) in [4.78, 5) is 0. The van der Waals surface area contributed by atoms with Crippen molar-refractivity contribution in [2.24, 2.45) is 0 Å². The van der Waals surface area contributed by atoms with Crippen LogP contribution >= 0.6 is 10.0 Å². The zero-order valence-corrected chi connectivity index (χ0v) is 9.12. The molecule has 0 aromatic heterocycles. The molecule has 0 saturated heterocycles. The highest BCUT2D eigenvalue weighted by atomic mass is 32.3. The maximum atomic E-state index is 9.33. The Morgan fingerprint density at radius 2 is 1.18 bits per heavy atom. The monoisotopic (exact) mass is 204 g/mol. The first-order chi connectivity index (χ1) is 4.56. The van der Waals surface area contributed by atoms with E-state index in [0.29, 0.717) is 0 Å². The summed E-state index contributed by atoms with van der Waals surface area (Å²) in [6.45, 7) is 0. The van der Waals surface area contributed by atoms with Crippen LogP contribution in [0.4, 0.5) is 0 Å². The summed E-state index contributed by atoms with van der Waals surface area (Å²) in [5.74, 6) is 0. The molecule has 0 atom stereocenters. The molecule has 0 aromatic carbocycles. The zero-order chi connectivity index (χ0) is 9.71. The van der Waals surface area contributed by atoms with E-state index in [-0.39, 0.29) is 10.0 Å². The van der Waals surface area contributed by atoms with Crippen LogP contribution in [0.15, 0.2) is 0 Å². The molecule has 0 fully saturated rings. The van der Waals surface area contributed by atoms with Gasteiger partial charge in [0.15, 0.2) is 0 Å². The molecule has 0 aliphatic heterocycles. The van der Waals surface area contributed by atoms with Gasteiger partial charge in [-0.3, -0.25) is 18.8 Å². The lowest BCUT2D eigenvalue weighted by atomic mass is 11.8. The van der Waals surface area contributed by atoms with E-state index in [9.17, 15) is 8.42 Å². The second-order valence-corrected chi connectivity index (χ2v) is 9.13. The normalized spacial score (nSPS) is 13.3. The van der Waals surface area contributed by atoms with E-state index in [2.05, 4.69) is 29.2 Å². The summed E-state index contributed by atoms with van der Waals surface area (Å²) in [6, 6.07) is 0. The fraction of sp³-hybridized carbons (Fsp3) is 1.00. The second-order valence-electron chi connectivity index (χ2n) is 3.04. The van der Waals surface area contributed by atoms with Crippen LogP contribution in [-0.4, -0.2) is 45.1 Å². The van der Waals surface area contributed by atoms with Crippen molar-refractivity contribution in [3.05, 3.63) is 0 Å². The third-order valence-electron chi connectivity index (χ3n) is 0.211. The lowest BCUT2D eigenvalue weighted by Gasteiger charge is -2.15. The van der Waals surface area contributed by atoms with E-state index in [1.54, 1.807) is 0 Å². The number of hydrogen-bond acceptors (Lipinski definition) is 3. The van der Waals surface area contributed by atoms with Gasteiger partial charge in [0.05, 0.1) is 7.11 Å². The second kappa shape index (κ2) is 4.97. The number of hydrogen-bond donors (Lipinski definition) is 1. The molecule has 72 valence electrons. The molecule has 0 unspecified atom stereocenters. The quantitative estimate of drug-likeness (QED) is 0.640. The van der Waals surface area contributed by atoms with Gasteiger partial charge in [0, 0.05) is 0 Å². The van der Waals surface area contributed by atoms with Crippen LogP contribution in [0.5, 0.6) is 0 Å². The Bertz CT molecular complexity index is 171. The fourth-order valence-electron chi connectivity index (χ4n) is 0. The van der Waals surface area contributed by atoms with Crippen molar-refractivity contribution in [3.8, 4) is 0 Å². The van der Waals surface area contributed by atoms with Crippen molar-refractivity contribution in [1.82, 2.24) is 0 Å². The Morgan fingerprint density at radius 1 is 1.09 bits per heavy atom. The van der Waals surface area contributed by atoms with Crippen molar-refractivity contribution in [2.45, 2.75) is 0 Å². The van der Waals surface area contributed by atoms with E-state index < -0.39 is 10.4 Å². The molecule has 0 bridgehead atoms. The number of rotatable bonds is 1. The van der Waals surface area contributed by atoms with Gasteiger partial charge in [-0.1, -0.05) is 0 Å². The molecule has 4 nitrogen and oxygen atoms in total. The molecule has 0 heterocycles. The highest BCUT2D eigenvalue weighted by molar-refractivity contribution is 8.31. The van der Waals surface area contributed by atoms with E-state index in [1.807, 2.05) is 0 Å². The molecular weight excluding hydrogens is 188 g/mol. The first-order valence-corrected chi connectivity index (χ1v) is 7.35. The fourth-order valence-corrected chi connectivity index (χ4v) is 0. The van der Waals surface area contributed by atoms with E-state index in [4.69, 9.17) is 4.55 Å². The summed E-state index contributed by atoms with van der Waals surface area (Å²) in [5, 5.41) is 0. The van der Waals surface area contributed by atoms with Gasteiger partial charge in [0.1, 0.15) is 0 Å². The van der Waals surface area contributed by atoms with Gasteiger partial charge in [0.25, 0.3) is 0 Å². The van der Waals surface area contributed by atoms with Crippen LogP contribution in [0.1, 0.15) is 0 Å². The molecule has 0 aliphatic carbocycles. The zero-order valence-electron chi connectivity index (χ0n) is 7.49. The molecule has 1 N–H and O–H groups in total. The first-order valence-electron chi connectivity index (χ1n) is 2.72.